The predicted octanol–water partition coefficient (Wildman–Crippen LogP) is 10.6. The Morgan fingerprint density at radius 1 is 0.667 bits per heavy atom. The van der Waals surface area contributed by atoms with E-state index in [-0.39, 0.29) is 18.6 Å². The maximum Gasteiger partial charge on any atom is 0.269 e. The summed E-state index contributed by atoms with van der Waals surface area (Å²) in [7, 11) is 0.645. The number of unbranched alkanes of at least 4 members (excludes halogenated alkanes) is 22. The number of hydrogen-bond donors (Lipinski definition) is 2. The lowest BCUT2D eigenvalue weighted by atomic mass is 9.86. The van der Waals surface area contributed by atoms with Gasteiger partial charge in [-0.05, 0) is 44.9 Å². The predicted molar refractivity (Wildman–Crippen MR) is 222 cm³/mol. The molecule has 0 spiro atoms. The van der Waals surface area contributed by atoms with Gasteiger partial charge in [-0.3, -0.25) is 14.2 Å². The molecule has 10 heteroatoms. The summed E-state index contributed by atoms with van der Waals surface area (Å²) in [6.07, 6.45) is 29.7. The summed E-state index contributed by atoms with van der Waals surface area (Å²) in [4.78, 5) is 40.6. The second-order valence-electron chi connectivity index (χ2n) is 16.8. The molecule has 0 aliphatic carbocycles. The van der Waals surface area contributed by atoms with E-state index in [1.165, 1.54) is 96.3 Å². The first-order valence-electron chi connectivity index (χ1n) is 22.3. The minimum atomic E-state index is -5.08. The zero-order chi connectivity index (χ0) is 40.5. The lowest BCUT2D eigenvalue weighted by molar-refractivity contribution is -0.873. The molecule has 0 aromatic rings. The third kappa shape index (κ3) is 30.2. The van der Waals surface area contributed by atoms with Crippen LogP contribution in [0.1, 0.15) is 201 Å². The van der Waals surface area contributed by atoms with Gasteiger partial charge in [-0.25, -0.2) is 0 Å². The van der Waals surface area contributed by atoms with E-state index < -0.39 is 44.4 Å². The number of aliphatic hydroxyl groups excluding tert-OH is 2. The number of rotatable bonds is 40. The second-order valence-corrected chi connectivity index (χ2v) is 18.1. The number of ketones is 2. The molecule has 2 N–H and O–H groups in total. The van der Waals surface area contributed by atoms with E-state index in [1.807, 2.05) is 21.1 Å². The normalized spacial score (nSPS) is 15.6. The lowest BCUT2D eigenvalue weighted by Gasteiger charge is -2.35. The van der Waals surface area contributed by atoms with E-state index in [9.17, 15) is 29.3 Å². The van der Waals surface area contributed by atoms with Crippen LogP contribution in [0, 0.1) is 5.92 Å². The number of carbonyl (C=O) groups excluding carboxylic acids is 2. The molecule has 0 aromatic carbocycles. The summed E-state index contributed by atoms with van der Waals surface area (Å²) in [5, 5.41) is 20.4. The minimum absolute atomic E-state index is 0.215. The fourth-order valence-corrected chi connectivity index (χ4v) is 8.15. The number of aliphatic hydroxyl groups is 2. The summed E-state index contributed by atoms with van der Waals surface area (Å²) in [5.74, 6) is -2.16. The molecule has 0 saturated carbocycles. The van der Waals surface area contributed by atoms with Gasteiger partial charge in [0, 0.05) is 6.42 Å². The fourth-order valence-electron chi connectivity index (χ4n) is 7.00. The summed E-state index contributed by atoms with van der Waals surface area (Å²) in [5.41, 5.74) is 0. The highest BCUT2D eigenvalue weighted by atomic mass is 31.2. The van der Waals surface area contributed by atoms with Crippen LogP contribution in [0.15, 0.2) is 12.2 Å². The molecule has 0 radical (unpaired) electrons. The summed E-state index contributed by atoms with van der Waals surface area (Å²) >= 11 is 0. The molecule has 5 atom stereocenters. The van der Waals surface area contributed by atoms with E-state index in [2.05, 4.69) is 26.0 Å². The first kappa shape index (κ1) is 53.1. The molecule has 0 bridgehead atoms. The van der Waals surface area contributed by atoms with Crippen molar-refractivity contribution in [3.05, 3.63) is 12.2 Å². The first-order valence-corrected chi connectivity index (χ1v) is 23.8. The van der Waals surface area contributed by atoms with Crippen LogP contribution in [0.4, 0.5) is 0 Å². The van der Waals surface area contributed by atoms with Crippen molar-refractivity contribution in [1.82, 2.24) is 0 Å². The van der Waals surface area contributed by atoms with E-state index in [1.54, 1.807) is 6.92 Å². The molecule has 0 heterocycles. The average molecular weight is 788 g/mol. The highest BCUT2D eigenvalue weighted by Crippen LogP contribution is 2.43. The van der Waals surface area contributed by atoms with Gasteiger partial charge in [0.15, 0.2) is 11.9 Å². The van der Waals surface area contributed by atoms with Crippen LogP contribution < -0.4 is 4.89 Å². The minimum Gasteiger partial charge on any atom is -0.756 e. The highest BCUT2D eigenvalue weighted by molar-refractivity contribution is 7.46. The molecule has 0 aliphatic heterocycles. The molecule has 54 heavy (non-hydrogen) atoms. The van der Waals surface area contributed by atoms with Crippen LogP contribution in [-0.4, -0.2) is 78.9 Å². The second kappa shape index (κ2) is 34.1. The number of phosphoric ester groups is 1. The third-order valence-corrected chi connectivity index (χ3v) is 11.3. The molecule has 0 rings (SSSR count). The number of Topliss-reactive ketones (excluding diaryl/α,β-unsaturated/α-hetero) is 2. The van der Waals surface area contributed by atoms with E-state index in [0.717, 1.165) is 51.4 Å². The summed E-state index contributed by atoms with van der Waals surface area (Å²) in [6, 6.07) is 0. The zero-order valence-corrected chi connectivity index (χ0v) is 36.8. The molecule has 0 aliphatic rings. The Labute approximate surface area is 332 Å². The number of likely N-dealkylation sites (N-methyl/N-ethyl adjacent to an activating group) is 1. The molecule has 320 valence electrons. The van der Waals surface area contributed by atoms with Gasteiger partial charge < -0.3 is 28.6 Å². The first-order chi connectivity index (χ1) is 25.8. The van der Waals surface area contributed by atoms with Gasteiger partial charge >= 0.3 is 0 Å². The Bertz CT molecular complexity index is 984. The summed E-state index contributed by atoms with van der Waals surface area (Å²) < 4.78 is 24.1. The van der Waals surface area contributed by atoms with Gasteiger partial charge in [0.25, 0.3) is 7.82 Å². The number of nitrogens with zero attached hydrogens (tertiary/aromatic N) is 1. The van der Waals surface area contributed by atoms with Crippen molar-refractivity contribution in [2.45, 2.75) is 219 Å². The molecule has 4 unspecified atom stereocenters. The van der Waals surface area contributed by atoms with Crippen molar-refractivity contribution in [1.29, 1.82) is 0 Å². The Morgan fingerprint density at radius 3 is 1.52 bits per heavy atom. The topological polar surface area (TPSA) is 133 Å². The van der Waals surface area contributed by atoms with Gasteiger partial charge in [0.2, 0.25) is 0 Å². The SMILES string of the molecule is CCCCCCCC/C=C\CCCCCCC(C(=O)CCCCCCCCCCCCCCC)C(=O)C(OP(=O)([O-])OC(CC)C[N+](C)(C)C)[C@@H](O)CO. The molecular weight excluding hydrogens is 701 g/mol. The largest absolute Gasteiger partial charge is 0.756 e. The maximum absolute atomic E-state index is 13.9. The van der Waals surface area contributed by atoms with Crippen molar-refractivity contribution < 1.29 is 42.8 Å². The van der Waals surface area contributed by atoms with Crippen LogP contribution in [0.3, 0.4) is 0 Å². The molecule has 0 amide bonds. The van der Waals surface area contributed by atoms with E-state index in [4.69, 9.17) is 9.05 Å². The fraction of sp³-hybridized carbons (Fsp3) is 0.909. The Hall–Kier alpha value is -0.930. The third-order valence-electron chi connectivity index (χ3n) is 10.3. The van der Waals surface area contributed by atoms with Crippen molar-refractivity contribution in [3.63, 3.8) is 0 Å². The number of phosphoric acid groups is 1. The van der Waals surface area contributed by atoms with Gasteiger partial charge in [-0.2, -0.15) is 0 Å². The number of quaternary nitrogens is 1. The molecule has 0 saturated heterocycles. The van der Waals surface area contributed by atoms with Gasteiger partial charge in [-0.15, -0.1) is 0 Å². The van der Waals surface area contributed by atoms with Crippen LogP contribution in [0.5, 0.6) is 0 Å². The van der Waals surface area contributed by atoms with Gasteiger partial charge in [0.1, 0.15) is 24.5 Å². The molecule has 0 aromatic heterocycles. The van der Waals surface area contributed by atoms with Crippen LogP contribution >= 0.6 is 7.82 Å². The molecular formula is C44H86NO8P. The van der Waals surface area contributed by atoms with Crippen molar-refractivity contribution in [2.24, 2.45) is 5.92 Å². The van der Waals surface area contributed by atoms with Crippen molar-refractivity contribution in [3.8, 4) is 0 Å². The molecule has 0 fully saturated rings. The number of allylic oxidation sites excluding steroid dienone is 2. The maximum atomic E-state index is 13.9. The summed E-state index contributed by atoms with van der Waals surface area (Å²) in [6.45, 7) is 5.76. The van der Waals surface area contributed by atoms with Crippen molar-refractivity contribution in [2.75, 3.05) is 34.3 Å². The standard InChI is InChI=1S/C44H86NO8P/c1-7-10-12-14-16-18-20-22-24-25-27-29-31-33-35-40(41(47)36-34-32-30-28-26-23-21-19-17-15-13-11-8-2)43(49)44(42(48)38-46)53-54(50,51)52-39(9-3)37-45(4,5)6/h22,24,39-40,42,44,46,48H,7-21,23,25-38H2,1-6H3/b24-22-/t39?,40?,42-,44?/m0/s1. The quantitative estimate of drug-likeness (QED) is 0.0206. The average Bonchev–Trinajstić information content (AvgIpc) is 3.12. The van der Waals surface area contributed by atoms with Crippen LogP contribution in [0.25, 0.3) is 0 Å². The number of carbonyl (C=O) groups is 2. The highest BCUT2D eigenvalue weighted by Gasteiger charge is 2.39. The monoisotopic (exact) mass is 788 g/mol. The van der Waals surface area contributed by atoms with Crippen molar-refractivity contribution >= 4 is 19.4 Å². The van der Waals surface area contributed by atoms with Gasteiger partial charge in [-0.1, -0.05) is 161 Å². The van der Waals surface area contributed by atoms with E-state index in [0.29, 0.717) is 30.3 Å². The smallest absolute Gasteiger partial charge is 0.269 e. The zero-order valence-electron chi connectivity index (χ0n) is 35.9. The Balaban J connectivity index is 5.20. The van der Waals surface area contributed by atoms with Crippen LogP contribution in [-0.2, 0) is 23.2 Å². The number of hydrogen-bond acceptors (Lipinski definition) is 8. The van der Waals surface area contributed by atoms with Gasteiger partial charge in [0.05, 0.1) is 33.7 Å². The molecule has 9 nitrogen and oxygen atoms in total. The van der Waals surface area contributed by atoms with E-state index >= 15 is 0 Å². The Morgan fingerprint density at radius 2 is 1.09 bits per heavy atom. The lowest BCUT2D eigenvalue weighted by Crippen LogP contribution is -2.45. The van der Waals surface area contributed by atoms with Crippen LogP contribution in [0.2, 0.25) is 0 Å². The Kier molecular flexibility index (Phi) is 33.6.